The molecule has 0 aliphatic rings. The van der Waals surface area contributed by atoms with E-state index in [0.717, 1.165) is 19.3 Å². The van der Waals surface area contributed by atoms with Crippen LogP contribution in [0, 0.1) is 0 Å². The highest BCUT2D eigenvalue weighted by atomic mass is 31.1. The second-order valence-electron chi connectivity index (χ2n) is 4.00. The highest BCUT2D eigenvalue weighted by Gasteiger charge is 2.13. The van der Waals surface area contributed by atoms with Crippen LogP contribution in [-0.2, 0) is 9.09 Å². The average Bonchev–Trinajstić information content (AvgIpc) is 2.42. The van der Waals surface area contributed by atoms with Gasteiger partial charge in [0.2, 0.25) is 5.95 Å². The van der Waals surface area contributed by atoms with Gasteiger partial charge in [-0.1, -0.05) is 19.8 Å². The third-order valence-corrected chi connectivity index (χ3v) is 2.82. The first kappa shape index (κ1) is 15.6. The van der Waals surface area contributed by atoms with Crippen LogP contribution in [0.1, 0.15) is 26.2 Å². The van der Waals surface area contributed by atoms with Gasteiger partial charge in [-0.3, -0.25) is 4.52 Å². The first-order valence-corrected chi connectivity index (χ1v) is 6.82. The van der Waals surface area contributed by atoms with E-state index in [1.54, 1.807) is 0 Å². The molecule has 1 aromatic heterocycles. The molecule has 0 bridgehead atoms. The van der Waals surface area contributed by atoms with E-state index in [9.17, 15) is 4.57 Å². The Bertz CT molecular complexity index is 406. The van der Waals surface area contributed by atoms with Gasteiger partial charge in [0.25, 0.3) is 0 Å². The fourth-order valence-electron chi connectivity index (χ4n) is 1.60. The lowest BCUT2D eigenvalue weighted by molar-refractivity contribution is 0.310. The monoisotopic (exact) mass is 286 g/mol. The number of nitrogens with two attached hydrogens (primary N) is 1. The van der Waals surface area contributed by atoms with Crippen LogP contribution in [0.3, 0.4) is 0 Å². The Balaban J connectivity index is 2.75. The molecule has 1 atom stereocenters. The zero-order valence-electron chi connectivity index (χ0n) is 11.1. The summed E-state index contributed by atoms with van der Waals surface area (Å²) < 4.78 is 20.5. The molecule has 0 spiro atoms. The molecule has 0 aromatic carbocycles. The molecule has 8 heteroatoms. The molecule has 3 N–H and O–H groups in total. The van der Waals surface area contributed by atoms with Crippen molar-refractivity contribution in [3.05, 3.63) is 6.20 Å². The van der Waals surface area contributed by atoms with E-state index in [1.165, 1.54) is 13.3 Å². The van der Waals surface area contributed by atoms with Gasteiger partial charge in [-0.2, -0.15) is 4.98 Å². The molecule has 0 unspecified atom stereocenters. The first-order chi connectivity index (χ1) is 9.21. The fraction of sp³-hybridized carbons (Fsp3) is 0.636. The lowest BCUT2D eigenvalue weighted by atomic mass is 10.1. The quantitative estimate of drug-likeness (QED) is 0.671. The molecule has 0 aliphatic carbocycles. The number of methoxy groups -OCH3 is 1. The highest BCUT2D eigenvalue weighted by molar-refractivity contribution is 7.17. The molecule has 0 amide bonds. The number of nitrogens with one attached hydrogen (secondary N) is 1. The maximum atomic E-state index is 10.4. The van der Waals surface area contributed by atoms with Gasteiger partial charge < -0.3 is 15.8 Å². The van der Waals surface area contributed by atoms with Crippen molar-refractivity contribution in [2.45, 2.75) is 32.2 Å². The average molecular weight is 286 g/mol. The Labute approximate surface area is 114 Å². The second-order valence-corrected chi connectivity index (χ2v) is 4.41. The van der Waals surface area contributed by atoms with Gasteiger partial charge in [-0.25, -0.2) is 9.55 Å². The topological polar surface area (TPSA) is 99.4 Å². The van der Waals surface area contributed by atoms with E-state index in [0.29, 0.717) is 18.2 Å². The molecule has 1 rings (SSSR count). The summed E-state index contributed by atoms with van der Waals surface area (Å²) in [4.78, 5) is 7.96. The number of anilines is 2. The fourth-order valence-corrected chi connectivity index (χ4v) is 1.84. The number of rotatable bonds is 9. The minimum Gasteiger partial charge on any atom is -0.491 e. The molecule has 0 saturated carbocycles. The smallest absolute Gasteiger partial charge is 0.327 e. The van der Waals surface area contributed by atoms with Crippen LogP contribution in [-0.4, -0.2) is 29.7 Å². The largest absolute Gasteiger partial charge is 0.491 e. The number of nitrogen functional groups attached to an aromatic ring is 1. The minimum atomic E-state index is -0.329. The van der Waals surface area contributed by atoms with E-state index in [2.05, 4.69) is 22.2 Å². The third kappa shape index (κ3) is 5.36. The van der Waals surface area contributed by atoms with Crippen LogP contribution >= 0.6 is 8.69 Å². The van der Waals surface area contributed by atoms with Crippen molar-refractivity contribution < 1.29 is 13.8 Å². The number of unbranched alkanes of at least 4 members (excludes halogenated alkanes) is 1. The van der Waals surface area contributed by atoms with Crippen molar-refractivity contribution in [3.8, 4) is 5.75 Å². The van der Waals surface area contributed by atoms with Crippen molar-refractivity contribution >= 4 is 20.5 Å². The molecule has 0 radical (unpaired) electrons. The number of hydrogen-bond donors (Lipinski definition) is 2. The lowest BCUT2D eigenvalue weighted by Gasteiger charge is -2.19. The number of ether oxygens (including phenoxy) is 1. The predicted molar refractivity (Wildman–Crippen MR) is 73.5 cm³/mol. The first-order valence-electron chi connectivity index (χ1n) is 6.08. The summed E-state index contributed by atoms with van der Waals surface area (Å²) in [6.07, 6.45) is 4.48. The standard InChI is InChI=1S/C11H19N4O3P/c1-3-4-5-8(7-18-19-16)14-10-9(17-2)6-13-11(12)15-10/h6,8H,3-5,7H2,1-2H3,(H3,12,13,14,15)/t8-/m1/s1. The third-order valence-electron chi connectivity index (χ3n) is 2.57. The zero-order valence-corrected chi connectivity index (χ0v) is 12.0. The summed E-state index contributed by atoms with van der Waals surface area (Å²) in [5.74, 6) is 1.19. The molecule has 0 fully saturated rings. The summed E-state index contributed by atoms with van der Waals surface area (Å²) >= 11 is 0. The van der Waals surface area contributed by atoms with Crippen LogP contribution in [0.25, 0.3) is 0 Å². The summed E-state index contributed by atoms with van der Waals surface area (Å²) in [6, 6.07) is -0.00963. The van der Waals surface area contributed by atoms with Gasteiger partial charge in [0.15, 0.2) is 11.6 Å². The molecular formula is C11H19N4O3P. The molecule has 106 valence electrons. The Morgan fingerprint density at radius 1 is 1.58 bits per heavy atom. The molecule has 0 saturated heterocycles. The SMILES string of the molecule is CCCC[C@H](COP=O)Nc1nc(N)ncc1OC. The zero-order chi connectivity index (χ0) is 14.1. The van der Waals surface area contributed by atoms with E-state index in [-0.39, 0.29) is 20.7 Å². The van der Waals surface area contributed by atoms with Gasteiger partial charge in [0, 0.05) is 0 Å². The lowest BCUT2D eigenvalue weighted by Crippen LogP contribution is -2.25. The summed E-state index contributed by atoms with van der Waals surface area (Å²) in [6.45, 7) is 2.42. The van der Waals surface area contributed by atoms with E-state index >= 15 is 0 Å². The molecule has 1 heterocycles. The normalized spacial score (nSPS) is 12.3. The Morgan fingerprint density at radius 3 is 3.00 bits per heavy atom. The van der Waals surface area contributed by atoms with Crippen molar-refractivity contribution in [2.24, 2.45) is 0 Å². The van der Waals surface area contributed by atoms with Crippen LogP contribution in [0.4, 0.5) is 11.8 Å². The second kappa shape index (κ2) is 8.61. The molecule has 0 aliphatic heterocycles. The summed E-state index contributed by atoms with van der Waals surface area (Å²) in [7, 11) is 1.21. The van der Waals surface area contributed by atoms with Crippen molar-refractivity contribution in [1.82, 2.24) is 9.97 Å². The maximum absolute atomic E-state index is 10.4. The van der Waals surface area contributed by atoms with Gasteiger partial charge in [-0.15, -0.1) is 0 Å². The van der Waals surface area contributed by atoms with Gasteiger partial charge in [0.05, 0.1) is 26.0 Å². The van der Waals surface area contributed by atoms with Gasteiger partial charge >= 0.3 is 8.69 Å². The van der Waals surface area contributed by atoms with E-state index < -0.39 is 0 Å². The minimum absolute atomic E-state index is 0.00963. The number of nitrogens with zero attached hydrogens (tertiary/aromatic N) is 2. The highest BCUT2D eigenvalue weighted by Crippen LogP contribution is 2.23. The number of hydrogen-bond acceptors (Lipinski definition) is 7. The van der Waals surface area contributed by atoms with Crippen molar-refractivity contribution in [3.63, 3.8) is 0 Å². The predicted octanol–water partition coefficient (Wildman–Crippen LogP) is 2.26. The van der Waals surface area contributed by atoms with Crippen molar-refractivity contribution in [1.29, 1.82) is 0 Å². The van der Waals surface area contributed by atoms with Crippen LogP contribution in [0.5, 0.6) is 5.75 Å². The summed E-state index contributed by atoms with van der Waals surface area (Å²) in [5, 5.41) is 3.18. The van der Waals surface area contributed by atoms with Crippen LogP contribution in [0.15, 0.2) is 6.20 Å². The Kier molecular flexibility index (Phi) is 7.07. The van der Waals surface area contributed by atoms with Gasteiger partial charge in [-0.05, 0) is 6.42 Å². The molecule has 1 aromatic rings. The van der Waals surface area contributed by atoms with Crippen LogP contribution in [0.2, 0.25) is 0 Å². The molecular weight excluding hydrogens is 267 g/mol. The molecule has 7 nitrogen and oxygen atoms in total. The molecule has 19 heavy (non-hydrogen) atoms. The maximum Gasteiger partial charge on any atom is 0.327 e. The van der Waals surface area contributed by atoms with Gasteiger partial charge in [0.1, 0.15) is 0 Å². The Hall–Kier alpha value is -1.46. The number of aromatic nitrogens is 2. The van der Waals surface area contributed by atoms with E-state index in [1.807, 2.05) is 0 Å². The Morgan fingerprint density at radius 2 is 2.37 bits per heavy atom. The van der Waals surface area contributed by atoms with E-state index in [4.69, 9.17) is 15.0 Å². The van der Waals surface area contributed by atoms with Crippen molar-refractivity contribution in [2.75, 3.05) is 24.8 Å². The summed E-state index contributed by atoms with van der Waals surface area (Å²) in [5.41, 5.74) is 5.56. The van der Waals surface area contributed by atoms with Crippen LogP contribution < -0.4 is 15.8 Å².